The number of rotatable bonds is 5. The van der Waals surface area contributed by atoms with E-state index in [1.165, 1.54) is 5.56 Å². The van der Waals surface area contributed by atoms with Gasteiger partial charge in [0.15, 0.2) is 0 Å². The molecular formula is C13H21ClN2. The SMILES string of the molecule is CNC(CCC(C)(C)N)c1ccc(Cl)cc1. The van der Waals surface area contributed by atoms with E-state index >= 15 is 0 Å². The number of hydrogen-bond acceptors (Lipinski definition) is 2. The van der Waals surface area contributed by atoms with E-state index in [4.69, 9.17) is 17.3 Å². The summed E-state index contributed by atoms with van der Waals surface area (Å²) < 4.78 is 0. The third kappa shape index (κ3) is 4.52. The Bertz CT molecular complexity index is 314. The molecule has 0 aliphatic heterocycles. The van der Waals surface area contributed by atoms with Gasteiger partial charge in [0.2, 0.25) is 0 Å². The zero-order valence-corrected chi connectivity index (χ0v) is 11.0. The average Bonchev–Trinajstić information content (AvgIpc) is 2.20. The average molecular weight is 241 g/mol. The van der Waals surface area contributed by atoms with Crippen LogP contribution < -0.4 is 11.1 Å². The van der Waals surface area contributed by atoms with E-state index in [0.29, 0.717) is 6.04 Å². The molecule has 0 spiro atoms. The Labute approximate surface area is 103 Å². The second-order valence-electron chi connectivity index (χ2n) is 4.92. The van der Waals surface area contributed by atoms with Crippen molar-refractivity contribution >= 4 is 11.6 Å². The first-order valence-corrected chi connectivity index (χ1v) is 6.02. The molecule has 0 saturated carbocycles. The van der Waals surface area contributed by atoms with Gasteiger partial charge in [-0.15, -0.1) is 0 Å². The molecule has 0 fully saturated rings. The van der Waals surface area contributed by atoms with Gasteiger partial charge in [0.05, 0.1) is 0 Å². The van der Waals surface area contributed by atoms with Crippen LogP contribution in [0.5, 0.6) is 0 Å². The van der Waals surface area contributed by atoms with E-state index in [1.807, 2.05) is 19.2 Å². The fourth-order valence-corrected chi connectivity index (χ4v) is 1.82. The summed E-state index contributed by atoms with van der Waals surface area (Å²) in [5.41, 5.74) is 7.14. The van der Waals surface area contributed by atoms with Crippen LogP contribution in [0.4, 0.5) is 0 Å². The summed E-state index contributed by atoms with van der Waals surface area (Å²) >= 11 is 5.87. The van der Waals surface area contributed by atoms with Crippen molar-refractivity contribution < 1.29 is 0 Å². The minimum atomic E-state index is -0.110. The van der Waals surface area contributed by atoms with Crippen molar-refractivity contribution in [1.82, 2.24) is 5.32 Å². The molecule has 0 amide bonds. The molecule has 3 heteroatoms. The van der Waals surface area contributed by atoms with Crippen LogP contribution in [-0.2, 0) is 0 Å². The maximum Gasteiger partial charge on any atom is 0.0406 e. The van der Waals surface area contributed by atoms with Crippen LogP contribution in [0.3, 0.4) is 0 Å². The van der Waals surface area contributed by atoms with E-state index in [1.54, 1.807) is 0 Å². The smallest absolute Gasteiger partial charge is 0.0406 e. The quantitative estimate of drug-likeness (QED) is 0.830. The highest BCUT2D eigenvalue weighted by Gasteiger charge is 2.15. The highest BCUT2D eigenvalue weighted by Crippen LogP contribution is 2.22. The first-order valence-electron chi connectivity index (χ1n) is 5.64. The van der Waals surface area contributed by atoms with Crippen LogP contribution in [0.15, 0.2) is 24.3 Å². The molecule has 0 aromatic heterocycles. The molecule has 3 N–H and O–H groups in total. The molecule has 0 saturated heterocycles. The second kappa shape index (κ2) is 5.67. The number of nitrogens with one attached hydrogen (secondary N) is 1. The Kier molecular flexibility index (Phi) is 4.78. The lowest BCUT2D eigenvalue weighted by Gasteiger charge is -2.23. The molecule has 0 heterocycles. The largest absolute Gasteiger partial charge is 0.326 e. The van der Waals surface area contributed by atoms with Gasteiger partial charge in [0, 0.05) is 16.6 Å². The van der Waals surface area contributed by atoms with Gasteiger partial charge in [-0.05, 0) is 51.4 Å². The van der Waals surface area contributed by atoms with Gasteiger partial charge in [-0.3, -0.25) is 0 Å². The summed E-state index contributed by atoms with van der Waals surface area (Å²) in [6.45, 7) is 4.11. The highest BCUT2D eigenvalue weighted by molar-refractivity contribution is 6.30. The third-order valence-corrected chi connectivity index (χ3v) is 2.95. The summed E-state index contributed by atoms with van der Waals surface area (Å²) in [7, 11) is 1.97. The summed E-state index contributed by atoms with van der Waals surface area (Å²) in [5.74, 6) is 0. The van der Waals surface area contributed by atoms with Crippen molar-refractivity contribution in [1.29, 1.82) is 0 Å². The van der Waals surface area contributed by atoms with Gasteiger partial charge < -0.3 is 11.1 Å². The normalized spacial score (nSPS) is 13.8. The molecule has 2 nitrogen and oxygen atoms in total. The van der Waals surface area contributed by atoms with E-state index in [2.05, 4.69) is 31.3 Å². The molecular weight excluding hydrogens is 220 g/mol. The van der Waals surface area contributed by atoms with E-state index < -0.39 is 0 Å². The maximum absolute atomic E-state index is 5.99. The van der Waals surface area contributed by atoms with Crippen LogP contribution in [0, 0.1) is 0 Å². The second-order valence-corrected chi connectivity index (χ2v) is 5.36. The van der Waals surface area contributed by atoms with Crippen LogP contribution in [-0.4, -0.2) is 12.6 Å². The molecule has 0 aliphatic rings. The van der Waals surface area contributed by atoms with Crippen molar-refractivity contribution in [2.45, 2.75) is 38.3 Å². The fraction of sp³-hybridized carbons (Fsp3) is 0.538. The lowest BCUT2D eigenvalue weighted by Crippen LogP contribution is -2.33. The summed E-state index contributed by atoms with van der Waals surface area (Å²) in [4.78, 5) is 0. The molecule has 1 atom stereocenters. The van der Waals surface area contributed by atoms with Crippen molar-refractivity contribution in [2.75, 3.05) is 7.05 Å². The molecule has 1 aromatic carbocycles. The minimum Gasteiger partial charge on any atom is -0.326 e. The van der Waals surface area contributed by atoms with E-state index in [0.717, 1.165) is 17.9 Å². The fourth-order valence-electron chi connectivity index (χ4n) is 1.69. The summed E-state index contributed by atoms with van der Waals surface area (Å²) in [6.07, 6.45) is 2.02. The maximum atomic E-state index is 5.99. The lowest BCUT2D eigenvalue weighted by atomic mass is 9.93. The standard InChI is InChI=1S/C13H21ClN2/c1-13(2,15)9-8-12(16-3)10-4-6-11(14)7-5-10/h4-7,12,16H,8-9,15H2,1-3H3. The van der Waals surface area contributed by atoms with Gasteiger partial charge in [0.1, 0.15) is 0 Å². The Hall–Kier alpha value is -0.570. The Morgan fingerprint density at radius 2 is 1.88 bits per heavy atom. The Morgan fingerprint density at radius 1 is 1.31 bits per heavy atom. The van der Waals surface area contributed by atoms with Crippen LogP contribution in [0.2, 0.25) is 5.02 Å². The number of benzene rings is 1. The van der Waals surface area contributed by atoms with Crippen molar-refractivity contribution in [3.63, 3.8) is 0 Å². The van der Waals surface area contributed by atoms with Gasteiger partial charge in [0.25, 0.3) is 0 Å². The summed E-state index contributed by atoms with van der Waals surface area (Å²) in [6, 6.07) is 8.32. The predicted octanol–water partition coefficient (Wildman–Crippen LogP) is 3.12. The number of nitrogens with two attached hydrogens (primary N) is 1. The van der Waals surface area contributed by atoms with Gasteiger partial charge >= 0.3 is 0 Å². The lowest BCUT2D eigenvalue weighted by molar-refractivity contribution is 0.411. The van der Waals surface area contributed by atoms with E-state index in [-0.39, 0.29) is 5.54 Å². The first kappa shape index (κ1) is 13.5. The van der Waals surface area contributed by atoms with Gasteiger partial charge in [-0.25, -0.2) is 0 Å². The Morgan fingerprint density at radius 3 is 2.31 bits per heavy atom. The predicted molar refractivity (Wildman–Crippen MR) is 70.8 cm³/mol. The van der Waals surface area contributed by atoms with Crippen molar-refractivity contribution in [3.05, 3.63) is 34.9 Å². The molecule has 0 aliphatic carbocycles. The van der Waals surface area contributed by atoms with Crippen LogP contribution >= 0.6 is 11.6 Å². The van der Waals surface area contributed by atoms with E-state index in [9.17, 15) is 0 Å². The molecule has 0 radical (unpaired) electrons. The van der Waals surface area contributed by atoms with Crippen molar-refractivity contribution in [3.8, 4) is 0 Å². The highest BCUT2D eigenvalue weighted by atomic mass is 35.5. The molecule has 16 heavy (non-hydrogen) atoms. The zero-order valence-electron chi connectivity index (χ0n) is 10.3. The molecule has 0 bridgehead atoms. The number of hydrogen-bond donors (Lipinski definition) is 2. The molecule has 1 rings (SSSR count). The third-order valence-electron chi connectivity index (χ3n) is 2.70. The van der Waals surface area contributed by atoms with Crippen LogP contribution in [0.25, 0.3) is 0 Å². The van der Waals surface area contributed by atoms with Gasteiger partial charge in [-0.1, -0.05) is 23.7 Å². The molecule has 90 valence electrons. The topological polar surface area (TPSA) is 38.0 Å². The summed E-state index contributed by atoms with van der Waals surface area (Å²) in [5, 5.41) is 4.09. The monoisotopic (exact) mass is 240 g/mol. The minimum absolute atomic E-state index is 0.110. The zero-order chi connectivity index (χ0) is 12.2. The first-order chi connectivity index (χ1) is 7.42. The molecule has 1 unspecified atom stereocenters. The number of halogens is 1. The van der Waals surface area contributed by atoms with Crippen LogP contribution in [0.1, 0.15) is 38.3 Å². The Balaban J connectivity index is 2.64. The molecule has 1 aromatic rings. The van der Waals surface area contributed by atoms with Crippen molar-refractivity contribution in [2.24, 2.45) is 5.73 Å². The van der Waals surface area contributed by atoms with Gasteiger partial charge in [-0.2, -0.15) is 0 Å².